The molecule has 0 aliphatic carbocycles. The van der Waals surface area contributed by atoms with Crippen molar-refractivity contribution in [3.8, 4) is 0 Å². The fourth-order valence-electron chi connectivity index (χ4n) is 1.66. The summed E-state index contributed by atoms with van der Waals surface area (Å²) in [4.78, 5) is 11.2. The molecule has 0 aliphatic rings. The number of rotatable bonds is 8. The van der Waals surface area contributed by atoms with Gasteiger partial charge in [-0.1, -0.05) is 12.1 Å². The predicted molar refractivity (Wildman–Crippen MR) is 72.9 cm³/mol. The second kappa shape index (κ2) is 8.50. The normalized spacial score (nSPS) is 11.9. The van der Waals surface area contributed by atoms with Crippen molar-refractivity contribution in [2.45, 2.75) is 26.1 Å². The van der Waals surface area contributed by atoms with Crippen molar-refractivity contribution in [1.29, 1.82) is 0 Å². The molecule has 0 bridgehead atoms. The number of aliphatic hydroxyl groups excluding tert-OH is 1. The Morgan fingerprint density at radius 3 is 2.95 bits per heavy atom. The van der Waals surface area contributed by atoms with E-state index in [0.717, 1.165) is 11.3 Å². The third kappa shape index (κ3) is 6.22. The zero-order chi connectivity index (χ0) is 14.1. The van der Waals surface area contributed by atoms with Crippen LogP contribution in [0.5, 0.6) is 0 Å². The summed E-state index contributed by atoms with van der Waals surface area (Å²) in [6.07, 6.45) is -0.761. The van der Waals surface area contributed by atoms with Crippen molar-refractivity contribution in [2.24, 2.45) is 0 Å². The zero-order valence-electron chi connectivity index (χ0n) is 11.4. The van der Waals surface area contributed by atoms with Crippen molar-refractivity contribution >= 4 is 11.7 Å². The van der Waals surface area contributed by atoms with E-state index in [9.17, 15) is 9.90 Å². The minimum Gasteiger partial charge on any atom is -0.466 e. The Balaban J connectivity index is 2.39. The molecule has 0 fully saturated rings. The number of hydrogen-bond donors (Lipinski definition) is 2. The van der Waals surface area contributed by atoms with Gasteiger partial charge in [-0.3, -0.25) is 4.79 Å². The van der Waals surface area contributed by atoms with Gasteiger partial charge in [-0.05, 0) is 24.6 Å². The second-order valence-electron chi connectivity index (χ2n) is 4.18. The Morgan fingerprint density at radius 1 is 1.47 bits per heavy atom. The van der Waals surface area contributed by atoms with Gasteiger partial charge in [-0.25, -0.2) is 0 Å². The van der Waals surface area contributed by atoms with Gasteiger partial charge in [-0.2, -0.15) is 0 Å². The number of ether oxygens (including phenoxy) is 2. The van der Waals surface area contributed by atoms with Crippen LogP contribution in [-0.2, 0) is 20.9 Å². The van der Waals surface area contributed by atoms with Gasteiger partial charge >= 0.3 is 5.97 Å². The summed E-state index contributed by atoms with van der Waals surface area (Å²) in [5.74, 6) is -0.384. The first-order valence-corrected chi connectivity index (χ1v) is 6.31. The third-order valence-corrected chi connectivity index (χ3v) is 2.49. The van der Waals surface area contributed by atoms with Gasteiger partial charge in [0.15, 0.2) is 0 Å². The van der Waals surface area contributed by atoms with Gasteiger partial charge in [0, 0.05) is 19.3 Å². The minimum atomic E-state index is -0.759. The maximum Gasteiger partial charge on any atom is 0.308 e. The maximum atomic E-state index is 11.2. The molecule has 2 N–H and O–H groups in total. The summed E-state index contributed by atoms with van der Waals surface area (Å²) in [6.45, 7) is 2.91. The average Bonchev–Trinajstić information content (AvgIpc) is 2.37. The number of anilines is 1. The maximum absolute atomic E-state index is 11.2. The molecule has 0 saturated carbocycles. The highest BCUT2D eigenvalue weighted by molar-refractivity contribution is 5.70. The topological polar surface area (TPSA) is 67.8 Å². The molecule has 5 nitrogen and oxygen atoms in total. The molecule has 106 valence electrons. The van der Waals surface area contributed by atoms with Crippen molar-refractivity contribution in [2.75, 3.05) is 25.6 Å². The second-order valence-corrected chi connectivity index (χ2v) is 4.18. The monoisotopic (exact) mass is 267 g/mol. The Morgan fingerprint density at radius 2 is 2.26 bits per heavy atom. The fraction of sp³-hybridized carbons (Fsp3) is 0.500. The van der Waals surface area contributed by atoms with Crippen molar-refractivity contribution < 1.29 is 19.4 Å². The number of hydrogen-bond acceptors (Lipinski definition) is 5. The lowest BCUT2D eigenvalue weighted by molar-refractivity contribution is -0.145. The third-order valence-electron chi connectivity index (χ3n) is 2.49. The van der Waals surface area contributed by atoms with E-state index in [1.165, 1.54) is 0 Å². The van der Waals surface area contributed by atoms with Gasteiger partial charge in [0.25, 0.3) is 0 Å². The molecule has 0 spiro atoms. The SMILES string of the molecule is CCOC(=O)CC(O)CNc1cccc(COC)c1. The van der Waals surface area contributed by atoms with E-state index in [-0.39, 0.29) is 12.4 Å². The molecule has 1 aromatic carbocycles. The number of esters is 1. The van der Waals surface area contributed by atoms with Crippen LogP contribution in [0.3, 0.4) is 0 Å². The highest BCUT2D eigenvalue weighted by Crippen LogP contribution is 2.11. The predicted octanol–water partition coefficient (Wildman–Crippen LogP) is 1.56. The van der Waals surface area contributed by atoms with Crippen LogP contribution in [0.15, 0.2) is 24.3 Å². The summed E-state index contributed by atoms with van der Waals surface area (Å²) in [5.41, 5.74) is 1.94. The summed E-state index contributed by atoms with van der Waals surface area (Å²) in [7, 11) is 1.64. The van der Waals surface area contributed by atoms with Crippen LogP contribution >= 0.6 is 0 Å². The average molecular weight is 267 g/mol. The molecule has 1 rings (SSSR count). The van der Waals surface area contributed by atoms with Gasteiger partial charge < -0.3 is 19.9 Å². The number of methoxy groups -OCH3 is 1. The fourth-order valence-corrected chi connectivity index (χ4v) is 1.66. The summed E-state index contributed by atoms with van der Waals surface area (Å²) < 4.78 is 9.82. The van der Waals surface area contributed by atoms with E-state index < -0.39 is 6.10 Å². The highest BCUT2D eigenvalue weighted by Gasteiger charge is 2.11. The highest BCUT2D eigenvalue weighted by atomic mass is 16.5. The van der Waals surface area contributed by atoms with Crippen LogP contribution in [0.1, 0.15) is 18.9 Å². The molecule has 0 aliphatic heterocycles. The quantitative estimate of drug-likeness (QED) is 0.700. The molecular formula is C14H21NO4. The Hall–Kier alpha value is -1.59. The number of carbonyl (C=O) groups is 1. The van der Waals surface area contributed by atoms with E-state index in [4.69, 9.17) is 9.47 Å². The molecule has 0 radical (unpaired) electrons. The van der Waals surface area contributed by atoms with E-state index in [0.29, 0.717) is 19.8 Å². The van der Waals surface area contributed by atoms with Gasteiger partial charge in [0.05, 0.1) is 25.7 Å². The summed E-state index contributed by atoms with van der Waals surface area (Å²) in [5, 5.41) is 12.8. The molecule has 19 heavy (non-hydrogen) atoms. The first-order chi connectivity index (χ1) is 9.15. The molecule has 0 saturated heterocycles. The van der Waals surface area contributed by atoms with Crippen molar-refractivity contribution in [3.63, 3.8) is 0 Å². The summed E-state index contributed by atoms with van der Waals surface area (Å²) in [6, 6.07) is 7.72. The van der Waals surface area contributed by atoms with E-state index >= 15 is 0 Å². The smallest absolute Gasteiger partial charge is 0.308 e. The van der Waals surface area contributed by atoms with Crippen molar-refractivity contribution in [1.82, 2.24) is 0 Å². The lowest BCUT2D eigenvalue weighted by Crippen LogP contribution is -2.23. The van der Waals surface area contributed by atoms with Crippen LogP contribution in [0.4, 0.5) is 5.69 Å². The summed E-state index contributed by atoms with van der Waals surface area (Å²) >= 11 is 0. The Labute approximate surface area is 113 Å². The first kappa shape index (κ1) is 15.5. The lowest BCUT2D eigenvalue weighted by atomic mass is 10.2. The van der Waals surface area contributed by atoms with Crippen LogP contribution < -0.4 is 5.32 Å². The molecule has 0 aromatic heterocycles. The van der Waals surface area contributed by atoms with Crippen molar-refractivity contribution in [3.05, 3.63) is 29.8 Å². The van der Waals surface area contributed by atoms with E-state index in [2.05, 4.69) is 5.32 Å². The Bertz CT molecular complexity index is 395. The number of aliphatic hydroxyl groups is 1. The van der Waals surface area contributed by atoms with Gasteiger partial charge in [-0.15, -0.1) is 0 Å². The number of nitrogens with one attached hydrogen (secondary N) is 1. The van der Waals surface area contributed by atoms with E-state index in [1.54, 1.807) is 14.0 Å². The molecular weight excluding hydrogens is 246 g/mol. The number of benzene rings is 1. The van der Waals surface area contributed by atoms with Crippen LogP contribution in [-0.4, -0.2) is 37.4 Å². The Kier molecular flexibility index (Phi) is 6.92. The zero-order valence-corrected chi connectivity index (χ0v) is 11.4. The number of carbonyl (C=O) groups excluding carboxylic acids is 1. The molecule has 1 aromatic rings. The minimum absolute atomic E-state index is 0.00139. The molecule has 1 unspecified atom stereocenters. The molecule has 0 heterocycles. The van der Waals surface area contributed by atoms with E-state index in [1.807, 2.05) is 24.3 Å². The van der Waals surface area contributed by atoms with Gasteiger partial charge in [0.1, 0.15) is 0 Å². The van der Waals surface area contributed by atoms with Crippen LogP contribution in [0.25, 0.3) is 0 Å². The van der Waals surface area contributed by atoms with Gasteiger partial charge in [0.2, 0.25) is 0 Å². The van der Waals surface area contributed by atoms with Crippen LogP contribution in [0, 0.1) is 0 Å². The largest absolute Gasteiger partial charge is 0.466 e. The molecule has 5 heteroatoms. The molecule has 1 atom stereocenters. The first-order valence-electron chi connectivity index (χ1n) is 6.31. The molecule has 0 amide bonds. The standard InChI is InChI=1S/C14H21NO4/c1-3-19-14(17)8-13(16)9-15-12-6-4-5-11(7-12)10-18-2/h4-7,13,15-16H,3,8-10H2,1-2H3. The lowest BCUT2D eigenvalue weighted by Gasteiger charge is -2.13. The van der Waals surface area contributed by atoms with Crippen LogP contribution in [0.2, 0.25) is 0 Å².